The molecule has 0 aromatic carbocycles. The number of alkyl carbamates (subject to hydrolysis) is 1. The van der Waals surface area contributed by atoms with E-state index in [9.17, 15) is 33.6 Å². The fourth-order valence-corrected chi connectivity index (χ4v) is 4.17. The number of carbonyl (C=O) groups excluding carboxylic acids is 6. The summed E-state index contributed by atoms with van der Waals surface area (Å²) in [6.07, 6.45) is 2.88. The van der Waals surface area contributed by atoms with E-state index in [1.54, 1.807) is 34.6 Å². The molecule has 0 spiro atoms. The molecule has 0 saturated carbocycles. The van der Waals surface area contributed by atoms with Gasteiger partial charge < -0.3 is 47.1 Å². The average molecular weight is 653 g/mol. The van der Waals surface area contributed by atoms with Gasteiger partial charge in [-0.2, -0.15) is 0 Å². The van der Waals surface area contributed by atoms with Crippen molar-refractivity contribution in [2.45, 2.75) is 110 Å². The number of imidazole rings is 1. The van der Waals surface area contributed by atoms with E-state index in [1.165, 1.54) is 12.5 Å². The van der Waals surface area contributed by atoms with E-state index >= 15 is 0 Å². The van der Waals surface area contributed by atoms with Gasteiger partial charge in [0.2, 0.25) is 29.5 Å². The first-order valence-electron chi connectivity index (χ1n) is 15.1. The van der Waals surface area contributed by atoms with Crippen LogP contribution < -0.4 is 32.3 Å². The van der Waals surface area contributed by atoms with Gasteiger partial charge in [-0.15, -0.1) is 0 Å². The van der Waals surface area contributed by atoms with Crippen LogP contribution in [-0.2, 0) is 39.9 Å². The molecule has 1 aromatic rings. The summed E-state index contributed by atoms with van der Waals surface area (Å²) in [5.41, 5.74) is 4.99. The molecule has 46 heavy (non-hydrogen) atoms. The number of primary amides is 1. The molecule has 9 N–H and O–H groups in total. The van der Waals surface area contributed by atoms with E-state index in [4.69, 9.17) is 15.6 Å². The second-order valence-electron chi connectivity index (χ2n) is 12.2. The Morgan fingerprint density at radius 2 is 1.50 bits per heavy atom. The average Bonchev–Trinajstić information content (AvgIpc) is 3.44. The van der Waals surface area contributed by atoms with Crippen molar-refractivity contribution >= 4 is 41.6 Å². The summed E-state index contributed by atoms with van der Waals surface area (Å²) in [4.78, 5) is 94.9. The summed E-state index contributed by atoms with van der Waals surface area (Å²) in [6.45, 7) is 9.80. The largest absolute Gasteiger partial charge is 0.480 e. The smallest absolute Gasteiger partial charge is 0.408 e. The van der Waals surface area contributed by atoms with Gasteiger partial charge in [0, 0.05) is 18.3 Å². The highest BCUT2D eigenvalue weighted by Gasteiger charge is 2.33. The Morgan fingerprint density at radius 1 is 0.913 bits per heavy atom. The lowest BCUT2D eigenvalue weighted by Gasteiger charge is -2.27. The van der Waals surface area contributed by atoms with Crippen LogP contribution in [0, 0.1) is 5.92 Å². The summed E-state index contributed by atoms with van der Waals surface area (Å²) < 4.78 is 5.28. The number of aromatic nitrogens is 2. The van der Waals surface area contributed by atoms with Gasteiger partial charge in [0.05, 0.1) is 12.7 Å². The minimum Gasteiger partial charge on any atom is -0.480 e. The summed E-state index contributed by atoms with van der Waals surface area (Å²) in [6, 6.07) is -5.11. The third-order valence-corrected chi connectivity index (χ3v) is 6.26. The molecule has 258 valence electrons. The molecule has 1 aromatic heterocycles. The van der Waals surface area contributed by atoms with E-state index in [1.807, 2.05) is 6.92 Å². The van der Waals surface area contributed by atoms with Gasteiger partial charge >= 0.3 is 12.1 Å². The van der Waals surface area contributed by atoms with Crippen LogP contribution in [0.25, 0.3) is 0 Å². The lowest BCUT2D eigenvalue weighted by molar-refractivity contribution is -0.139. The first-order valence-corrected chi connectivity index (χ1v) is 15.1. The van der Waals surface area contributed by atoms with Crippen LogP contribution >= 0.6 is 0 Å². The zero-order valence-electron chi connectivity index (χ0n) is 27.2. The Balaban J connectivity index is 3.24. The second kappa shape index (κ2) is 19.0. The Labute approximate surface area is 267 Å². The first kappa shape index (κ1) is 39.3. The number of hydrogen-bond donors (Lipinski definition) is 8. The Hall–Kier alpha value is -4.70. The van der Waals surface area contributed by atoms with Gasteiger partial charge in [0.1, 0.15) is 36.3 Å². The minimum atomic E-state index is -1.55. The highest BCUT2D eigenvalue weighted by atomic mass is 16.6. The third-order valence-electron chi connectivity index (χ3n) is 6.26. The van der Waals surface area contributed by atoms with Crippen LogP contribution in [-0.4, -0.2) is 93.0 Å². The molecule has 0 saturated heterocycles. The van der Waals surface area contributed by atoms with E-state index in [2.05, 4.69) is 36.6 Å². The molecule has 0 aliphatic heterocycles. The number of rotatable bonds is 19. The number of nitrogens with two attached hydrogens (primary N) is 1. The van der Waals surface area contributed by atoms with Crippen molar-refractivity contribution in [3.05, 3.63) is 18.2 Å². The molecular weight excluding hydrogens is 604 g/mol. The standard InChI is InChI=1S/C29H48N8O9/c1-7-8-9-18(37-28(45)46-29(4,5)6)25(42)35-20(11-17-13-31-15-33-17)26(43)36-21(12-22(30)38)27(44)34-19(10-16(2)3)24(41)32-14-23(39)40/h13,15-16,18-21H,7-12,14H2,1-6H3,(H2,30,38)(H,31,33)(H,32,41)(H,34,44)(H,35,42)(H,36,43)(H,37,45)(H,39,40)/t18-,19-,20-,21-/m0/s1. The highest BCUT2D eigenvalue weighted by Crippen LogP contribution is 2.10. The van der Waals surface area contributed by atoms with Crippen molar-refractivity contribution in [2.24, 2.45) is 11.7 Å². The number of hydrogen-bond acceptors (Lipinski definition) is 9. The molecule has 6 amide bonds. The zero-order valence-corrected chi connectivity index (χ0v) is 27.2. The number of ether oxygens (including phenoxy) is 1. The quantitative estimate of drug-likeness (QED) is 0.0959. The molecule has 1 heterocycles. The van der Waals surface area contributed by atoms with Gasteiger partial charge in [0.15, 0.2) is 0 Å². The predicted octanol–water partition coefficient (Wildman–Crippen LogP) is -0.388. The molecule has 0 fully saturated rings. The zero-order chi connectivity index (χ0) is 35.0. The summed E-state index contributed by atoms with van der Waals surface area (Å²) in [5, 5.41) is 21.1. The Morgan fingerprint density at radius 3 is 2.02 bits per heavy atom. The van der Waals surface area contributed by atoms with Gasteiger partial charge in [0.25, 0.3) is 0 Å². The molecule has 0 unspecified atom stereocenters. The van der Waals surface area contributed by atoms with Crippen LogP contribution in [0.3, 0.4) is 0 Å². The molecule has 0 bridgehead atoms. The topological polar surface area (TPSA) is 264 Å². The second-order valence-corrected chi connectivity index (χ2v) is 12.2. The molecular formula is C29H48N8O9. The van der Waals surface area contributed by atoms with Crippen LogP contribution in [0.1, 0.15) is 79.3 Å². The number of nitrogens with one attached hydrogen (secondary N) is 6. The maximum atomic E-state index is 13.6. The number of carbonyl (C=O) groups is 7. The highest BCUT2D eigenvalue weighted by molar-refractivity contribution is 5.97. The number of nitrogens with zero attached hydrogens (tertiary/aromatic N) is 1. The molecule has 0 aliphatic carbocycles. The van der Waals surface area contributed by atoms with Crippen molar-refractivity contribution in [2.75, 3.05) is 6.54 Å². The van der Waals surface area contributed by atoms with Crippen molar-refractivity contribution in [1.29, 1.82) is 0 Å². The molecule has 1 rings (SSSR count). The monoisotopic (exact) mass is 652 g/mol. The number of aliphatic carboxylic acids is 1. The van der Waals surface area contributed by atoms with Crippen LogP contribution in [0.4, 0.5) is 4.79 Å². The van der Waals surface area contributed by atoms with Crippen molar-refractivity contribution in [3.8, 4) is 0 Å². The third kappa shape index (κ3) is 15.9. The summed E-state index contributed by atoms with van der Waals surface area (Å²) in [7, 11) is 0. The number of carboxylic acid groups (broad SMARTS) is 1. The number of H-pyrrole nitrogens is 1. The van der Waals surface area contributed by atoms with Gasteiger partial charge in [-0.25, -0.2) is 9.78 Å². The van der Waals surface area contributed by atoms with E-state index in [0.717, 1.165) is 0 Å². The van der Waals surface area contributed by atoms with Gasteiger partial charge in [-0.3, -0.25) is 28.8 Å². The molecule has 4 atom stereocenters. The van der Waals surface area contributed by atoms with Crippen molar-refractivity contribution < 1.29 is 43.4 Å². The predicted molar refractivity (Wildman–Crippen MR) is 165 cm³/mol. The number of carboxylic acids is 1. The van der Waals surface area contributed by atoms with Crippen LogP contribution in [0.5, 0.6) is 0 Å². The Kier molecular flexibility index (Phi) is 16.2. The molecule has 17 heteroatoms. The SMILES string of the molecule is CCCC[C@H](NC(=O)OC(C)(C)C)C(=O)N[C@@H](Cc1cnc[nH]1)C(=O)N[C@@H](CC(N)=O)C(=O)N[C@@H](CC(C)C)C(=O)NCC(=O)O. The van der Waals surface area contributed by atoms with Crippen molar-refractivity contribution in [3.63, 3.8) is 0 Å². The lowest BCUT2D eigenvalue weighted by atomic mass is 10.0. The first-order chi connectivity index (χ1) is 21.4. The number of amides is 6. The molecule has 0 aliphatic rings. The number of unbranched alkanes of at least 4 members (excludes halogenated alkanes) is 1. The molecule has 17 nitrogen and oxygen atoms in total. The van der Waals surface area contributed by atoms with Gasteiger partial charge in [-0.05, 0) is 39.5 Å². The van der Waals surface area contributed by atoms with E-state index in [0.29, 0.717) is 18.5 Å². The minimum absolute atomic E-state index is 0.103. The fraction of sp³-hybridized carbons (Fsp3) is 0.655. The van der Waals surface area contributed by atoms with Crippen LogP contribution in [0.15, 0.2) is 12.5 Å². The van der Waals surface area contributed by atoms with E-state index in [-0.39, 0.29) is 25.2 Å². The maximum absolute atomic E-state index is 13.6. The summed E-state index contributed by atoms with van der Waals surface area (Å²) in [5.74, 6) is -5.59. The van der Waals surface area contributed by atoms with E-state index < -0.39 is 84.3 Å². The van der Waals surface area contributed by atoms with Crippen LogP contribution in [0.2, 0.25) is 0 Å². The molecule has 0 radical (unpaired) electrons. The summed E-state index contributed by atoms with van der Waals surface area (Å²) >= 11 is 0. The fourth-order valence-electron chi connectivity index (χ4n) is 4.17. The Bertz CT molecular complexity index is 1200. The van der Waals surface area contributed by atoms with Crippen molar-refractivity contribution in [1.82, 2.24) is 36.6 Å². The number of aromatic amines is 1. The normalized spacial score (nSPS) is 13.8. The van der Waals surface area contributed by atoms with Gasteiger partial charge in [-0.1, -0.05) is 33.6 Å². The maximum Gasteiger partial charge on any atom is 0.408 e. The lowest BCUT2D eigenvalue weighted by Crippen LogP contribution is -2.59.